The minimum Gasteiger partial charge on any atom is -0.389 e. The molecule has 12 heteroatoms. The second kappa shape index (κ2) is 14.1. The highest BCUT2D eigenvalue weighted by atomic mass is 32.2. The van der Waals surface area contributed by atoms with Gasteiger partial charge in [0, 0.05) is 43.6 Å². The maximum atomic E-state index is 13.7. The van der Waals surface area contributed by atoms with E-state index < -0.39 is 51.9 Å². The molecule has 234 valence electrons. The Morgan fingerprint density at radius 2 is 1.64 bits per heavy atom. The fraction of sp³-hybridized carbons (Fsp3) is 0.344. The summed E-state index contributed by atoms with van der Waals surface area (Å²) in [7, 11) is -2.45. The first-order valence-electron chi connectivity index (χ1n) is 14.2. The molecule has 4 atom stereocenters. The predicted molar refractivity (Wildman–Crippen MR) is 165 cm³/mol. The van der Waals surface area contributed by atoms with Crippen molar-refractivity contribution in [1.29, 1.82) is 0 Å². The number of nitrogens with zero attached hydrogens (tertiary/aromatic N) is 1. The van der Waals surface area contributed by atoms with Crippen LogP contribution in [0.1, 0.15) is 57.7 Å². The third kappa shape index (κ3) is 8.49. The van der Waals surface area contributed by atoms with Crippen molar-refractivity contribution in [2.45, 2.75) is 50.4 Å². The Morgan fingerprint density at radius 1 is 1.02 bits per heavy atom. The summed E-state index contributed by atoms with van der Waals surface area (Å²) in [5.74, 6) is -1.62. The minimum atomic E-state index is -3.75. The van der Waals surface area contributed by atoms with Gasteiger partial charge in [0.05, 0.1) is 30.1 Å². The van der Waals surface area contributed by atoms with Gasteiger partial charge in [0.2, 0.25) is 10.0 Å². The number of ketones is 1. The van der Waals surface area contributed by atoms with Crippen molar-refractivity contribution in [2.24, 2.45) is 0 Å². The average molecular weight is 625 g/mol. The summed E-state index contributed by atoms with van der Waals surface area (Å²) in [5, 5.41) is 20.1. The Kier molecular flexibility index (Phi) is 10.5. The smallest absolute Gasteiger partial charge is 0.251 e. The Balaban J connectivity index is 1.65. The van der Waals surface area contributed by atoms with Gasteiger partial charge in [-0.2, -0.15) is 0 Å². The number of piperidine rings is 1. The van der Waals surface area contributed by atoms with Crippen LogP contribution in [0.4, 0.5) is 10.1 Å². The molecule has 2 amide bonds. The van der Waals surface area contributed by atoms with E-state index >= 15 is 0 Å². The Labute approximate surface area is 256 Å². The lowest BCUT2D eigenvalue weighted by Crippen LogP contribution is -2.56. The van der Waals surface area contributed by atoms with E-state index in [2.05, 4.69) is 16.0 Å². The number of amides is 2. The second-order valence-electron chi connectivity index (χ2n) is 11.1. The molecular weight excluding hydrogens is 587 g/mol. The molecule has 4 N–H and O–H groups in total. The van der Waals surface area contributed by atoms with Gasteiger partial charge in [-0.05, 0) is 54.8 Å². The molecule has 0 spiro atoms. The zero-order chi connectivity index (χ0) is 32.0. The van der Waals surface area contributed by atoms with Gasteiger partial charge in [0.1, 0.15) is 11.6 Å². The lowest BCUT2D eigenvalue weighted by Gasteiger charge is -2.33. The van der Waals surface area contributed by atoms with Crippen molar-refractivity contribution in [3.8, 4) is 0 Å². The Bertz CT molecular complexity index is 1600. The van der Waals surface area contributed by atoms with Crippen LogP contribution < -0.4 is 20.3 Å². The van der Waals surface area contributed by atoms with Crippen LogP contribution in [0.5, 0.6) is 0 Å². The molecule has 1 unspecified atom stereocenters. The fourth-order valence-electron chi connectivity index (χ4n) is 5.08. The van der Waals surface area contributed by atoms with Crippen molar-refractivity contribution in [3.63, 3.8) is 0 Å². The van der Waals surface area contributed by atoms with Crippen LogP contribution in [0, 0.1) is 5.82 Å². The number of hydrogen-bond donors (Lipinski definition) is 4. The van der Waals surface area contributed by atoms with Crippen LogP contribution in [0.15, 0.2) is 72.8 Å². The van der Waals surface area contributed by atoms with Gasteiger partial charge in [-0.3, -0.25) is 18.7 Å². The zero-order valence-electron chi connectivity index (χ0n) is 24.8. The van der Waals surface area contributed by atoms with E-state index in [0.29, 0.717) is 18.5 Å². The molecule has 0 saturated carbocycles. The molecule has 3 aromatic rings. The number of rotatable bonds is 11. The van der Waals surface area contributed by atoms with E-state index in [1.807, 2.05) is 30.3 Å². The van der Waals surface area contributed by atoms with Crippen LogP contribution in [0.2, 0.25) is 0 Å². The maximum absolute atomic E-state index is 13.7. The minimum absolute atomic E-state index is 0.00414. The predicted octanol–water partition coefficient (Wildman–Crippen LogP) is 2.74. The van der Waals surface area contributed by atoms with Gasteiger partial charge < -0.3 is 21.1 Å². The number of carbonyl (C=O) groups excluding carboxylic acids is 3. The highest BCUT2D eigenvalue weighted by Crippen LogP contribution is 2.23. The van der Waals surface area contributed by atoms with Crippen LogP contribution in [0.25, 0.3) is 0 Å². The number of nitrogens with one attached hydrogen (secondary N) is 3. The monoisotopic (exact) mass is 624 g/mol. The number of aliphatic hydroxyl groups excluding tert-OH is 1. The summed E-state index contributed by atoms with van der Waals surface area (Å²) in [5.41, 5.74) is 1.60. The fourth-order valence-corrected chi connectivity index (χ4v) is 5.57. The highest BCUT2D eigenvalue weighted by Gasteiger charge is 2.33. The number of sulfonamides is 1. The van der Waals surface area contributed by atoms with Crippen molar-refractivity contribution in [2.75, 3.05) is 24.2 Å². The van der Waals surface area contributed by atoms with Crippen LogP contribution in [-0.4, -0.2) is 69.2 Å². The number of carbonyl (C=O) groups is 3. The number of Topliss-reactive ketones (excluding diaryl/α,β-unsaturated/α-hetero) is 1. The third-order valence-corrected chi connectivity index (χ3v) is 8.92. The summed E-state index contributed by atoms with van der Waals surface area (Å²) in [6, 6.07) is 17.0. The first-order valence-corrected chi connectivity index (χ1v) is 16.1. The Hall–Kier alpha value is -4.13. The summed E-state index contributed by atoms with van der Waals surface area (Å²) >= 11 is 0. The average Bonchev–Trinajstić information content (AvgIpc) is 3.00. The molecule has 1 aliphatic heterocycles. The molecular formula is C32H37FN4O6S. The van der Waals surface area contributed by atoms with Crippen molar-refractivity contribution in [3.05, 3.63) is 101 Å². The third-order valence-electron chi connectivity index (χ3n) is 7.72. The second-order valence-corrected chi connectivity index (χ2v) is 13.1. The largest absolute Gasteiger partial charge is 0.389 e. The first kappa shape index (κ1) is 32.8. The molecule has 0 bridgehead atoms. The molecule has 10 nitrogen and oxygen atoms in total. The number of aliphatic hydroxyl groups is 1. The van der Waals surface area contributed by atoms with Crippen molar-refractivity contribution >= 4 is 33.3 Å². The van der Waals surface area contributed by atoms with E-state index in [0.717, 1.165) is 16.1 Å². The number of hydrogen-bond acceptors (Lipinski definition) is 7. The Morgan fingerprint density at radius 3 is 2.23 bits per heavy atom. The van der Waals surface area contributed by atoms with Gasteiger partial charge in [-0.25, -0.2) is 12.8 Å². The van der Waals surface area contributed by atoms with E-state index in [1.54, 1.807) is 19.1 Å². The molecule has 1 heterocycles. The van der Waals surface area contributed by atoms with Crippen molar-refractivity contribution in [1.82, 2.24) is 16.0 Å². The lowest BCUT2D eigenvalue weighted by molar-refractivity contribution is -0.121. The van der Waals surface area contributed by atoms with Gasteiger partial charge in [-0.1, -0.05) is 42.5 Å². The summed E-state index contributed by atoms with van der Waals surface area (Å²) < 4.78 is 39.1. The normalized spacial score (nSPS) is 17.3. The summed E-state index contributed by atoms with van der Waals surface area (Å²) in [6.45, 7) is 2.13. The topological polar surface area (TPSA) is 145 Å². The van der Waals surface area contributed by atoms with E-state index in [4.69, 9.17) is 0 Å². The van der Waals surface area contributed by atoms with Crippen LogP contribution >= 0.6 is 0 Å². The zero-order valence-corrected chi connectivity index (χ0v) is 25.6. The van der Waals surface area contributed by atoms with E-state index in [9.17, 15) is 32.3 Å². The molecule has 0 radical (unpaired) electrons. The number of halogens is 1. The first-order chi connectivity index (χ1) is 20.8. The van der Waals surface area contributed by atoms with Crippen molar-refractivity contribution < 1.29 is 32.3 Å². The summed E-state index contributed by atoms with van der Waals surface area (Å²) in [6.07, 6.45) is 0.619. The molecule has 1 aliphatic rings. The molecule has 44 heavy (non-hydrogen) atoms. The van der Waals surface area contributed by atoms with Gasteiger partial charge in [0.15, 0.2) is 0 Å². The highest BCUT2D eigenvalue weighted by molar-refractivity contribution is 7.92. The van der Waals surface area contributed by atoms with Gasteiger partial charge in [0.25, 0.3) is 11.8 Å². The standard InChI is InChI=1S/C32H37FN4O6S/c1-20(22-9-11-25(33)12-10-22)35-31(40)23-16-24(18-26(17-23)37(2)44(3,42)43)32(41)36-29(15-21-7-5-4-6-8-21)30(39)28-19-27(38)13-14-34-28/h4-12,16-18,20,28-30,34,39H,13-15,19H2,1-3H3,(H,35,40)(H,36,41)/t20-,28?,29+,30-/m1/s1. The molecule has 1 fully saturated rings. The number of anilines is 1. The van der Waals surface area contributed by atoms with Gasteiger partial charge >= 0.3 is 0 Å². The van der Waals surface area contributed by atoms with Crippen LogP contribution in [0.3, 0.4) is 0 Å². The number of benzene rings is 3. The molecule has 1 saturated heterocycles. The molecule has 0 aliphatic carbocycles. The van der Waals surface area contributed by atoms with Gasteiger partial charge in [-0.15, -0.1) is 0 Å². The lowest BCUT2D eigenvalue weighted by atomic mass is 9.90. The maximum Gasteiger partial charge on any atom is 0.251 e. The van der Waals surface area contributed by atoms with Crippen LogP contribution in [-0.2, 0) is 21.2 Å². The summed E-state index contributed by atoms with van der Waals surface area (Å²) in [4.78, 5) is 39.2. The molecule has 3 aromatic carbocycles. The quantitative estimate of drug-likeness (QED) is 0.257. The van der Waals surface area contributed by atoms with E-state index in [1.165, 1.54) is 37.4 Å². The van der Waals surface area contributed by atoms with E-state index in [-0.39, 0.29) is 35.4 Å². The molecule has 4 rings (SSSR count). The SMILES string of the molecule is C[C@@H](NC(=O)c1cc(C(=O)N[C@@H](Cc2ccccc2)[C@H](O)C2CC(=O)CCN2)cc(N(C)S(C)(=O)=O)c1)c1ccc(F)cc1. The molecule has 0 aromatic heterocycles.